The molecule has 4 N–H and O–H groups in total. The van der Waals surface area contributed by atoms with Crippen LogP contribution >= 0.6 is 11.6 Å². The van der Waals surface area contributed by atoms with E-state index in [1.54, 1.807) is 25.2 Å². The van der Waals surface area contributed by atoms with E-state index in [4.69, 9.17) is 22.5 Å². The molecule has 0 spiro atoms. The fourth-order valence-electron chi connectivity index (χ4n) is 1.79. The van der Waals surface area contributed by atoms with Crippen molar-refractivity contribution in [1.82, 2.24) is 9.78 Å². The fraction of sp³-hybridized carbons (Fsp3) is 0.154. The Morgan fingerprint density at radius 2 is 2.24 bits per heavy atom. The third kappa shape index (κ3) is 2.97. The number of aryl methyl sites for hydroxylation is 2. The normalized spacial score (nSPS) is 11.5. The second-order valence-corrected chi connectivity index (χ2v) is 4.84. The van der Waals surface area contributed by atoms with Gasteiger partial charge in [0.15, 0.2) is 5.84 Å². The number of nitrogens with zero attached hydrogens (tertiary/aromatic N) is 3. The molecule has 21 heavy (non-hydrogen) atoms. The summed E-state index contributed by atoms with van der Waals surface area (Å²) in [5.41, 5.74) is 7.12. The third-order valence-electron chi connectivity index (χ3n) is 2.97. The Bertz CT molecular complexity index is 723. The second kappa shape index (κ2) is 5.84. The van der Waals surface area contributed by atoms with Crippen molar-refractivity contribution in [2.75, 3.05) is 5.32 Å². The molecule has 0 atom stereocenters. The highest BCUT2D eigenvalue weighted by Gasteiger charge is 2.16. The lowest BCUT2D eigenvalue weighted by atomic mass is 10.1. The number of benzene rings is 1. The first-order valence-electron chi connectivity index (χ1n) is 6.01. The zero-order chi connectivity index (χ0) is 15.6. The maximum Gasteiger partial charge on any atom is 0.256 e. The second-order valence-electron chi connectivity index (χ2n) is 4.43. The summed E-state index contributed by atoms with van der Waals surface area (Å²) in [7, 11) is 1.64. The first-order chi connectivity index (χ1) is 9.93. The highest BCUT2D eigenvalue weighted by atomic mass is 35.5. The molecule has 2 rings (SSSR count). The lowest BCUT2D eigenvalue weighted by molar-refractivity contribution is 0.102. The van der Waals surface area contributed by atoms with Gasteiger partial charge >= 0.3 is 0 Å². The molecule has 0 saturated heterocycles. The van der Waals surface area contributed by atoms with E-state index in [9.17, 15) is 4.79 Å². The van der Waals surface area contributed by atoms with Gasteiger partial charge in [-0.15, -0.1) is 0 Å². The maximum atomic E-state index is 12.3. The largest absolute Gasteiger partial charge is 0.409 e. The van der Waals surface area contributed by atoms with Gasteiger partial charge in [-0.25, -0.2) is 0 Å². The summed E-state index contributed by atoms with van der Waals surface area (Å²) in [5.74, 6) is -0.140. The number of carbonyl (C=O) groups excluding carboxylic acids is 1. The van der Waals surface area contributed by atoms with Gasteiger partial charge in [-0.1, -0.05) is 16.8 Å². The van der Waals surface area contributed by atoms with Gasteiger partial charge in [0, 0.05) is 17.6 Å². The summed E-state index contributed by atoms with van der Waals surface area (Å²) in [6.07, 6.45) is 1.40. The van der Waals surface area contributed by atoms with Gasteiger partial charge in [0.2, 0.25) is 0 Å². The summed E-state index contributed by atoms with van der Waals surface area (Å²) >= 11 is 5.93. The number of aromatic nitrogens is 2. The van der Waals surface area contributed by atoms with Crippen LogP contribution < -0.4 is 11.1 Å². The monoisotopic (exact) mass is 307 g/mol. The molecule has 1 amide bonds. The molecule has 1 heterocycles. The minimum absolute atomic E-state index is 0.134. The molecule has 8 heteroatoms. The Morgan fingerprint density at radius 1 is 1.52 bits per heavy atom. The van der Waals surface area contributed by atoms with E-state index in [1.807, 2.05) is 6.92 Å². The molecule has 1 aromatic carbocycles. The van der Waals surface area contributed by atoms with Crippen LogP contribution in [0.25, 0.3) is 0 Å². The molecule has 2 aromatic rings. The molecule has 0 saturated carbocycles. The summed E-state index contributed by atoms with van der Waals surface area (Å²) in [6.45, 7) is 1.81. The van der Waals surface area contributed by atoms with Crippen LogP contribution in [0.5, 0.6) is 0 Å². The quantitative estimate of drug-likeness (QED) is 0.347. The standard InChI is InChI=1S/C13H14ClN5O2/c1-7-5-8(3-4-10(7)14)13(20)17-12-9(11(15)18-21)6-16-19(12)2/h3-6,21H,1-2H3,(H2,15,18)(H,17,20). The molecule has 0 radical (unpaired) electrons. The Morgan fingerprint density at radius 3 is 2.86 bits per heavy atom. The molecule has 0 aliphatic heterocycles. The van der Waals surface area contributed by atoms with Gasteiger partial charge in [-0.2, -0.15) is 5.10 Å². The number of carbonyl (C=O) groups is 1. The molecule has 0 unspecified atom stereocenters. The van der Waals surface area contributed by atoms with Crippen LogP contribution in [0.15, 0.2) is 29.6 Å². The molecule has 110 valence electrons. The van der Waals surface area contributed by atoms with E-state index in [-0.39, 0.29) is 11.7 Å². The van der Waals surface area contributed by atoms with Crippen LogP contribution in [-0.2, 0) is 7.05 Å². The Labute approximate surface area is 126 Å². The number of hydrogen-bond acceptors (Lipinski definition) is 4. The minimum atomic E-state index is -0.342. The van der Waals surface area contributed by atoms with Gasteiger partial charge in [0.25, 0.3) is 5.91 Å². The van der Waals surface area contributed by atoms with Gasteiger partial charge in [0.05, 0.1) is 11.8 Å². The highest BCUT2D eigenvalue weighted by molar-refractivity contribution is 6.31. The van der Waals surface area contributed by atoms with Crippen molar-refractivity contribution < 1.29 is 10.0 Å². The Kier molecular flexibility index (Phi) is 4.13. The zero-order valence-corrected chi connectivity index (χ0v) is 12.2. The molecule has 1 aromatic heterocycles. The minimum Gasteiger partial charge on any atom is -0.409 e. The van der Waals surface area contributed by atoms with Crippen molar-refractivity contribution in [1.29, 1.82) is 0 Å². The van der Waals surface area contributed by atoms with E-state index in [2.05, 4.69) is 15.6 Å². The van der Waals surface area contributed by atoms with Crippen molar-refractivity contribution >= 4 is 29.2 Å². The van der Waals surface area contributed by atoms with Gasteiger partial charge in [-0.3, -0.25) is 9.48 Å². The van der Waals surface area contributed by atoms with Crippen molar-refractivity contribution in [3.8, 4) is 0 Å². The maximum absolute atomic E-state index is 12.3. The summed E-state index contributed by atoms with van der Waals surface area (Å²) in [6, 6.07) is 4.95. The van der Waals surface area contributed by atoms with Crippen LogP contribution in [0, 0.1) is 6.92 Å². The van der Waals surface area contributed by atoms with Crippen LogP contribution in [0.2, 0.25) is 5.02 Å². The Hall–Kier alpha value is -2.54. The number of nitrogens with two attached hydrogens (primary N) is 1. The van der Waals surface area contributed by atoms with Crippen LogP contribution in [0.4, 0.5) is 5.82 Å². The predicted molar refractivity (Wildman–Crippen MR) is 79.9 cm³/mol. The zero-order valence-electron chi connectivity index (χ0n) is 11.5. The Balaban J connectivity index is 2.31. The van der Waals surface area contributed by atoms with E-state index >= 15 is 0 Å². The predicted octanol–water partition coefficient (Wildman–Crippen LogP) is 1.73. The third-order valence-corrected chi connectivity index (χ3v) is 3.40. The summed E-state index contributed by atoms with van der Waals surface area (Å²) < 4.78 is 1.42. The van der Waals surface area contributed by atoms with Gasteiger partial charge in [-0.05, 0) is 30.7 Å². The molecule has 0 aliphatic carbocycles. The van der Waals surface area contributed by atoms with E-state index in [0.717, 1.165) is 5.56 Å². The first kappa shape index (κ1) is 14.9. The number of anilines is 1. The lowest BCUT2D eigenvalue weighted by Crippen LogP contribution is -2.20. The van der Waals surface area contributed by atoms with E-state index < -0.39 is 0 Å². The molecule has 7 nitrogen and oxygen atoms in total. The summed E-state index contributed by atoms with van der Waals surface area (Å²) in [5, 5.41) is 18.9. The number of nitrogens with one attached hydrogen (secondary N) is 1. The number of amidine groups is 1. The number of rotatable bonds is 3. The average Bonchev–Trinajstić information content (AvgIpc) is 2.82. The van der Waals surface area contributed by atoms with Crippen LogP contribution in [-0.4, -0.2) is 26.7 Å². The van der Waals surface area contributed by atoms with Crippen molar-refractivity contribution in [2.45, 2.75) is 6.92 Å². The molecular formula is C13H14ClN5O2. The SMILES string of the molecule is Cc1cc(C(=O)Nc2c(/C(N)=N/O)cnn2C)ccc1Cl. The number of halogens is 1. The first-order valence-corrected chi connectivity index (χ1v) is 6.39. The van der Waals surface area contributed by atoms with Crippen molar-refractivity contribution in [3.05, 3.63) is 46.1 Å². The number of amides is 1. The van der Waals surface area contributed by atoms with Gasteiger partial charge < -0.3 is 16.3 Å². The van der Waals surface area contributed by atoms with Crippen LogP contribution in [0.3, 0.4) is 0 Å². The molecule has 0 fully saturated rings. The molecular weight excluding hydrogens is 294 g/mol. The van der Waals surface area contributed by atoms with Crippen LogP contribution in [0.1, 0.15) is 21.5 Å². The molecule has 0 bridgehead atoms. The fourth-order valence-corrected chi connectivity index (χ4v) is 1.91. The highest BCUT2D eigenvalue weighted by Crippen LogP contribution is 2.19. The van der Waals surface area contributed by atoms with Crippen molar-refractivity contribution in [3.63, 3.8) is 0 Å². The topological polar surface area (TPSA) is 106 Å². The number of hydrogen-bond donors (Lipinski definition) is 3. The average molecular weight is 308 g/mol. The van der Waals surface area contributed by atoms with Crippen molar-refractivity contribution in [2.24, 2.45) is 17.9 Å². The smallest absolute Gasteiger partial charge is 0.256 e. The van der Waals surface area contributed by atoms with E-state index in [0.29, 0.717) is 22.0 Å². The lowest BCUT2D eigenvalue weighted by Gasteiger charge is -2.09. The summed E-state index contributed by atoms with van der Waals surface area (Å²) in [4.78, 5) is 12.3. The number of oxime groups is 1. The molecule has 0 aliphatic rings. The van der Waals surface area contributed by atoms with E-state index in [1.165, 1.54) is 10.9 Å². The van der Waals surface area contributed by atoms with Gasteiger partial charge in [0.1, 0.15) is 5.82 Å².